The Morgan fingerprint density at radius 2 is 1.71 bits per heavy atom. The van der Waals surface area contributed by atoms with Gasteiger partial charge in [-0.3, -0.25) is 9.59 Å². The number of pyridine rings is 1. The molecule has 1 saturated heterocycles. The summed E-state index contributed by atoms with van der Waals surface area (Å²) < 4.78 is 5.96. The highest BCUT2D eigenvalue weighted by Gasteiger charge is 2.42. The monoisotopic (exact) mass is 788 g/mol. The smallest absolute Gasteiger partial charge is 0.345 e. The fourth-order valence-corrected chi connectivity index (χ4v) is 8.19. The summed E-state index contributed by atoms with van der Waals surface area (Å²) in [6.07, 6.45) is 6.35. The molecule has 2 aliphatic rings. The summed E-state index contributed by atoms with van der Waals surface area (Å²) in [5.74, 6) is -0.795. The molecule has 2 fully saturated rings. The van der Waals surface area contributed by atoms with Gasteiger partial charge in [0.05, 0.1) is 18.2 Å². The van der Waals surface area contributed by atoms with Crippen molar-refractivity contribution in [2.45, 2.75) is 69.2 Å². The summed E-state index contributed by atoms with van der Waals surface area (Å²) in [4.78, 5) is 42.6. The van der Waals surface area contributed by atoms with Crippen LogP contribution in [0.1, 0.15) is 82.8 Å². The van der Waals surface area contributed by atoms with Crippen LogP contribution in [0.3, 0.4) is 0 Å². The second-order valence-corrected chi connectivity index (χ2v) is 15.6. The van der Waals surface area contributed by atoms with Crippen LogP contribution in [-0.2, 0) is 23.4 Å². The topological polar surface area (TPSA) is 184 Å². The van der Waals surface area contributed by atoms with Crippen molar-refractivity contribution >= 4 is 22.8 Å². The third-order valence-corrected chi connectivity index (χ3v) is 11.7. The summed E-state index contributed by atoms with van der Waals surface area (Å²) >= 11 is 0. The summed E-state index contributed by atoms with van der Waals surface area (Å²) in [6.45, 7) is 3.42. The minimum atomic E-state index is -2.25. The number of aliphatic carboxylic acids is 1. The van der Waals surface area contributed by atoms with Gasteiger partial charge in [-0.15, -0.1) is 0 Å². The molecule has 7 rings (SSSR count). The third-order valence-electron chi connectivity index (χ3n) is 11.7. The van der Waals surface area contributed by atoms with E-state index in [1.54, 1.807) is 60.7 Å². The van der Waals surface area contributed by atoms with Crippen LogP contribution in [-0.4, -0.2) is 81.0 Å². The zero-order valence-electron chi connectivity index (χ0n) is 32.5. The summed E-state index contributed by atoms with van der Waals surface area (Å²) in [6, 6.07) is 27.8. The molecule has 1 amide bonds. The maximum atomic E-state index is 12.8. The lowest BCUT2D eigenvalue weighted by Gasteiger charge is -2.42. The van der Waals surface area contributed by atoms with E-state index in [1.165, 1.54) is 31.4 Å². The Bertz CT molecular complexity index is 2260. The Kier molecular flexibility index (Phi) is 12.9. The first-order chi connectivity index (χ1) is 28.1. The molecule has 12 nitrogen and oxygen atoms in total. The minimum Gasteiger partial charge on any atom is -0.506 e. The normalized spacial score (nSPS) is 16.7. The zero-order valence-corrected chi connectivity index (χ0v) is 32.5. The number of aliphatic hydroxyl groups excluding tert-OH is 1. The molecule has 1 aliphatic heterocycles. The number of piperidine rings is 1. The van der Waals surface area contributed by atoms with E-state index >= 15 is 0 Å². The van der Waals surface area contributed by atoms with Crippen LogP contribution < -0.4 is 20.9 Å². The maximum Gasteiger partial charge on any atom is 0.345 e. The molecule has 58 heavy (non-hydrogen) atoms. The second kappa shape index (κ2) is 18.4. The Balaban J connectivity index is 0.870. The predicted octanol–water partition coefficient (Wildman–Crippen LogP) is 5.38. The zero-order chi connectivity index (χ0) is 40.6. The number of carbonyl (C=O) groups excluding carboxylic acids is 1. The number of hydrogen-bond donors (Lipinski definition) is 7. The predicted molar refractivity (Wildman–Crippen MR) is 221 cm³/mol. The van der Waals surface area contributed by atoms with Gasteiger partial charge in [0.2, 0.25) is 11.2 Å². The van der Waals surface area contributed by atoms with E-state index < -0.39 is 17.7 Å². The number of aromatic amines is 1. The van der Waals surface area contributed by atoms with Crippen molar-refractivity contribution in [2.75, 3.05) is 32.8 Å². The van der Waals surface area contributed by atoms with E-state index in [4.69, 9.17) is 4.74 Å². The van der Waals surface area contributed by atoms with Crippen LogP contribution in [0.4, 0.5) is 0 Å². The van der Waals surface area contributed by atoms with Crippen LogP contribution >= 0.6 is 0 Å². The molecule has 1 aliphatic carbocycles. The fraction of sp³-hybridized carbons (Fsp3) is 0.370. The largest absolute Gasteiger partial charge is 0.506 e. The highest BCUT2D eigenvalue weighted by atomic mass is 16.5. The van der Waals surface area contributed by atoms with Crippen LogP contribution in [0.25, 0.3) is 10.9 Å². The lowest BCUT2D eigenvalue weighted by Crippen LogP contribution is -2.45. The number of carboxylic acids is 1. The number of phenols is 1. The van der Waals surface area contributed by atoms with Gasteiger partial charge < -0.3 is 45.7 Å². The van der Waals surface area contributed by atoms with Crippen molar-refractivity contribution in [3.05, 3.63) is 141 Å². The van der Waals surface area contributed by atoms with Crippen molar-refractivity contribution in [3.63, 3.8) is 0 Å². The Labute approximate surface area is 337 Å². The molecular weight excluding hydrogens is 737 g/mol. The number of amides is 1. The molecule has 0 bridgehead atoms. The number of carboxylic acid groups (broad SMARTS) is 1. The number of aromatic hydroxyl groups is 1. The number of nitrogens with one attached hydrogen (secondary N) is 3. The number of phenolic OH excluding ortho intramolecular Hbond substituents is 1. The number of H-pyrrole nitrogens is 1. The van der Waals surface area contributed by atoms with Gasteiger partial charge in [0.15, 0.2) is 0 Å². The van der Waals surface area contributed by atoms with Gasteiger partial charge in [-0.1, -0.05) is 61.0 Å². The van der Waals surface area contributed by atoms with Crippen LogP contribution in [0.5, 0.6) is 11.5 Å². The number of aromatic nitrogens is 1. The van der Waals surface area contributed by atoms with Gasteiger partial charge in [0.25, 0.3) is 5.91 Å². The van der Waals surface area contributed by atoms with E-state index in [0.717, 1.165) is 43.1 Å². The number of carbonyl (C=O) groups is 2. The average molecular weight is 789 g/mol. The molecule has 12 heteroatoms. The number of hydrogen-bond acceptors (Lipinski definition) is 9. The van der Waals surface area contributed by atoms with E-state index in [2.05, 4.69) is 20.5 Å². The Morgan fingerprint density at radius 1 is 0.931 bits per heavy atom. The van der Waals surface area contributed by atoms with Crippen molar-refractivity contribution in [1.82, 2.24) is 20.5 Å². The van der Waals surface area contributed by atoms with Gasteiger partial charge in [0, 0.05) is 53.8 Å². The second-order valence-electron chi connectivity index (χ2n) is 15.6. The first kappa shape index (κ1) is 40.7. The molecule has 7 N–H and O–H groups in total. The van der Waals surface area contributed by atoms with E-state index in [0.29, 0.717) is 59.7 Å². The lowest BCUT2D eigenvalue weighted by atomic mass is 9.79. The van der Waals surface area contributed by atoms with Gasteiger partial charge in [0.1, 0.15) is 11.5 Å². The summed E-state index contributed by atoms with van der Waals surface area (Å²) in [5.41, 5.74) is 1.11. The Morgan fingerprint density at radius 3 is 2.45 bits per heavy atom. The molecule has 2 heterocycles. The maximum absolute atomic E-state index is 12.8. The number of fused-ring (bicyclic) bond motifs is 1. The number of rotatable bonds is 17. The molecule has 0 radical (unpaired) electrons. The van der Waals surface area contributed by atoms with Crippen molar-refractivity contribution < 1.29 is 34.8 Å². The SMILES string of the molecule is O=C(NCCCOc1cccc([C@@](O)(C(=O)O)c2ccccc2CC2CCN(C3CCC3)CC2)c1)c1ccc(CNC[C@H](O)c2ccc(O)c3[nH]c(=O)ccc23)cc1. The molecular formula is C46H52N4O8. The van der Waals surface area contributed by atoms with Crippen LogP contribution in [0.2, 0.25) is 0 Å². The Hall–Kier alpha value is -5.53. The average Bonchev–Trinajstić information content (AvgIpc) is 3.21. The van der Waals surface area contributed by atoms with E-state index in [1.807, 2.05) is 24.3 Å². The van der Waals surface area contributed by atoms with Crippen molar-refractivity contribution in [2.24, 2.45) is 5.92 Å². The highest BCUT2D eigenvalue weighted by molar-refractivity contribution is 5.94. The lowest BCUT2D eigenvalue weighted by molar-refractivity contribution is -0.155. The van der Waals surface area contributed by atoms with E-state index in [9.17, 15) is 34.8 Å². The summed E-state index contributed by atoms with van der Waals surface area (Å²) in [5, 5.41) is 50.0. The number of aliphatic hydroxyl groups is 2. The number of likely N-dealkylation sites (tertiary alicyclic amines) is 1. The first-order valence-corrected chi connectivity index (χ1v) is 20.2. The number of nitrogens with zero attached hydrogens (tertiary/aromatic N) is 1. The van der Waals surface area contributed by atoms with E-state index in [-0.39, 0.29) is 41.4 Å². The molecule has 2 atom stereocenters. The molecule has 1 saturated carbocycles. The standard InChI is InChI=1S/C46H52N4O8/c51-40-18-16-37(38-17-19-42(53)49-43(38)40)41(52)29-47-28-31-12-14-32(15-13-31)44(54)48-22-5-25-58-36-10-3-7-34(27-36)46(57,45(55)56)39-11-2-1-6-33(39)26-30-20-23-50(24-21-30)35-8-4-9-35/h1-3,6-7,10-19,27,30,35,41,47,51-52,57H,4-5,8-9,20-26,28-29H2,(H,48,54)(H,49,53)(H,55,56)/t41-,46-/m0/s1. The van der Waals surface area contributed by atoms with Crippen molar-refractivity contribution in [1.29, 1.82) is 0 Å². The first-order valence-electron chi connectivity index (χ1n) is 20.2. The number of ether oxygens (including phenoxy) is 1. The molecule has 1 aromatic heterocycles. The molecule has 304 valence electrons. The van der Waals surface area contributed by atoms with Crippen LogP contribution in [0, 0.1) is 5.92 Å². The van der Waals surface area contributed by atoms with Crippen molar-refractivity contribution in [3.8, 4) is 11.5 Å². The van der Waals surface area contributed by atoms with Gasteiger partial charge in [-0.25, -0.2) is 4.79 Å². The summed E-state index contributed by atoms with van der Waals surface area (Å²) in [7, 11) is 0. The third kappa shape index (κ3) is 9.26. The molecule has 0 spiro atoms. The molecule has 4 aromatic carbocycles. The molecule has 0 unspecified atom stereocenters. The van der Waals surface area contributed by atoms with Gasteiger partial charge >= 0.3 is 5.97 Å². The highest BCUT2D eigenvalue weighted by Crippen LogP contribution is 2.37. The fourth-order valence-electron chi connectivity index (χ4n) is 8.19. The molecule has 5 aromatic rings. The quantitative estimate of drug-likeness (QED) is 0.0604. The van der Waals surface area contributed by atoms with Crippen LogP contribution in [0.15, 0.2) is 102 Å². The minimum absolute atomic E-state index is 0.0685. The van der Waals surface area contributed by atoms with Gasteiger partial charge in [-0.05, 0) is 111 Å². The number of benzene rings is 4. The van der Waals surface area contributed by atoms with Gasteiger partial charge in [-0.2, -0.15) is 0 Å².